The lowest BCUT2D eigenvalue weighted by molar-refractivity contribution is 0.667. The Hall–Kier alpha value is -1.13. The van der Waals surface area contributed by atoms with Crippen LogP contribution in [0.3, 0.4) is 0 Å². The standard InChI is InChI=1S/C10H13N3S/c1-2-13-9(3-5-12-13)8-4-6-14-10(8)7-11/h3-6H,2,7,11H2,1H3. The van der Waals surface area contributed by atoms with Gasteiger partial charge < -0.3 is 5.73 Å². The first kappa shape index (κ1) is 9.43. The largest absolute Gasteiger partial charge is 0.326 e. The van der Waals surface area contributed by atoms with Crippen LogP contribution in [0, 0.1) is 0 Å². The summed E-state index contributed by atoms with van der Waals surface area (Å²) in [6.07, 6.45) is 1.83. The quantitative estimate of drug-likeness (QED) is 0.837. The van der Waals surface area contributed by atoms with Crippen LogP contribution in [0.4, 0.5) is 0 Å². The molecular weight excluding hydrogens is 194 g/mol. The number of hydrogen-bond acceptors (Lipinski definition) is 3. The fourth-order valence-corrected chi connectivity index (χ4v) is 2.30. The van der Waals surface area contributed by atoms with E-state index in [2.05, 4.69) is 23.5 Å². The molecule has 0 bridgehead atoms. The first-order valence-electron chi connectivity index (χ1n) is 4.65. The van der Waals surface area contributed by atoms with Gasteiger partial charge in [0.2, 0.25) is 0 Å². The molecule has 3 nitrogen and oxygen atoms in total. The SMILES string of the molecule is CCn1nccc1-c1ccsc1CN. The fraction of sp³-hybridized carbons (Fsp3) is 0.300. The van der Waals surface area contributed by atoms with Gasteiger partial charge in [0, 0.05) is 29.7 Å². The predicted molar refractivity (Wildman–Crippen MR) is 59.1 cm³/mol. The Bertz CT molecular complexity index is 376. The maximum absolute atomic E-state index is 5.67. The summed E-state index contributed by atoms with van der Waals surface area (Å²) in [5.74, 6) is 0. The van der Waals surface area contributed by atoms with E-state index >= 15 is 0 Å². The summed E-state index contributed by atoms with van der Waals surface area (Å²) in [5.41, 5.74) is 8.05. The predicted octanol–water partition coefficient (Wildman–Crippen LogP) is 2.09. The summed E-state index contributed by atoms with van der Waals surface area (Å²) in [7, 11) is 0. The normalized spacial score (nSPS) is 10.7. The van der Waals surface area contributed by atoms with Crippen molar-refractivity contribution >= 4 is 11.3 Å². The van der Waals surface area contributed by atoms with Crippen LogP contribution in [0.15, 0.2) is 23.7 Å². The van der Waals surface area contributed by atoms with Crippen LogP contribution in [0.1, 0.15) is 11.8 Å². The van der Waals surface area contributed by atoms with Crippen LogP contribution in [-0.2, 0) is 13.1 Å². The highest BCUT2D eigenvalue weighted by Crippen LogP contribution is 2.27. The zero-order valence-electron chi connectivity index (χ0n) is 8.10. The maximum atomic E-state index is 5.67. The van der Waals surface area contributed by atoms with Gasteiger partial charge in [0.25, 0.3) is 0 Å². The van der Waals surface area contributed by atoms with Crippen LogP contribution in [0.5, 0.6) is 0 Å². The maximum Gasteiger partial charge on any atom is 0.0693 e. The van der Waals surface area contributed by atoms with E-state index in [9.17, 15) is 0 Å². The van der Waals surface area contributed by atoms with E-state index in [4.69, 9.17) is 5.73 Å². The average molecular weight is 207 g/mol. The van der Waals surface area contributed by atoms with Crippen LogP contribution in [0.2, 0.25) is 0 Å². The zero-order valence-corrected chi connectivity index (χ0v) is 8.92. The fourth-order valence-electron chi connectivity index (χ4n) is 1.54. The second-order valence-corrected chi connectivity index (χ2v) is 3.99. The topological polar surface area (TPSA) is 43.8 Å². The molecule has 0 spiro atoms. The van der Waals surface area contributed by atoms with Gasteiger partial charge in [-0.3, -0.25) is 4.68 Å². The highest BCUT2D eigenvalue weighted by atomic mass is 32.1. The second-order valence-electron chi connectivity index (χ2n) is 2.99. The lowest BCUT2D eigenvalue weighted by Gasteiger charge is -2.04. The van der Waals surface area contributed by atoms with Crippen LogP contribution in [-0.4, -0.2) is 9.78 Å². The summed E-state index contributed by atoms with van der Waals surface area (Å²) in [4.78, 5) is 1.22. The van der Waals surface area contributed by atoms with Crippen molar-refractivity contribution < 1.29 is 0 Å². The van der Waals surface area contributed by atoms with Crippen molar-refractivity contribution in [2.24, 2.45) is 5.73 Å². The van der Waals surface area contributed by atoms with Gasteiger partial charge in [-0.2, -0.15) is 5.10 Å². The Labute approximate surface area is 87.2 Å². The van der Waals surface area contributed by atoms with E-state index in [1.54, 1.807) is 11.3 Å². The van der Waals surface area contributed by atoms with Crippen LogP contribution >= 0.6 is 11.3 Å². The van der Waals surface area contributed by atoms with Crippen molar-refractivity contribution in [1.82, 2.24) is 9.78 Å². The lowest BCUT2D eigenvalue weighted by Crippen LogP contribution is -2.01. The van der Waals surface area contributed by atoms with Gasteiger partial charge in [-0.05, 0) is 24.4 Å². The number of nitrogens with two attached hydrogens (primary N) is 1. The molecule has 0 radical (unpaired) electrons. The molecule has 0 amide bonds. The summed E-state index contributed by atoms with van der Waals surface area (Å²) >= 11 is 1.70. The minimum Gasteiger partial charge on any atom is -0.326 e. The Balaban J connectivity index is 2.48. The van der Waals surface area contributed by atoms with Gasteiger partial charge in [-0.1, -0.05) is 0 Å². The van der Waals surface area contributed by atoms with Crippen molar-refractivity contribution in [2.45, 2.75) is 20.0 Å². The number of thiophene rings is 1. The van der Waals surface area contributed by atoms with E-state index in [-0.39, 0.29) is 0 Å². The molecule has 0 saturated carbocycles. The first-order chi connectivity index (χ1) is 6.86. The molecule has 74 valence electrons. The van der Waals surface area contributed by atoms with Crippen molar-refractivity contribution in [3.05, 3.63) is 28.6 Å². The molecule has 0 aliphatic heterocycles. The van der Waals surface area contributed by atoms with E-state index in [0.717, 1.165) is 12.2 Å². The molecule has 0 fully saturated rings. The summed E-state index contributed by atoms with van der Waals surface area (Å²) < 4.78 is 1.99. The van der Waals surface area contributed by atoms with Crippen molar-refractivity contribution in [2.75, 3.05) is 0 Å². The third kappa shape index (κ3) is 1.47. The number of nitrogens with zero attached hydrogens (tertiary/aromatic N) is 2. The molecule has 0 unspecified atom stereocenters. The molecule has 2 aromatic rings. The number of aryl methyl sites for hydroxylation is 1. The molecule has 0 aromatic carbocycles. The summed E-state index contributed by atoms with van der Waals surface area (Å²) in [5, 5.41) is 6.32. The van der Waals surface area contributed by atoms with Gasteiger partial charge in [0.1, 0.15) is 0 Å². The second kappa shape index (κ2) is 3.94. The van der Waals surface area contributed by atoms with Gasteiger partial charge in [0.15, 0.2) is 0 Å². The third-order valence-electron chi connectivity index (χ3n) is 2.22. The lowest BCUT2D eigenvalue weighted by atomic mass is 10.2. The molecule has 0 atom stereocenters. The Kier molecular flexibility index (Phi) is 2.65. The zero-order chi connectivity index (χ0) is 9.97. The molecule has 0 aliphatic carbocycles. The van der Waals surface area contributed by atoms with E-state index in [1.807, 2.05) is 16.9 Å². The van der Waals surface area contributed by atoms with Gasteiger partial charge in [-0.25, -0.2) is 0 Å². The number of aromatic nitrogens is 2. The first-order valence-corrected chi connectivity index (χ1v) is 5.53. The van der Waals surface area contributed by atoms with Crippen molar-refractivity contribution in [3.8, 4) is 11.3 Å². The highest BCUT2D eigenvalue weighted by molar-refractivity contribution is 7.10. The smallest absolute Gasteiger partial charge is 0.0693 e. The molecule has 14 heavy (non-hydrogen) atoms. The molecule has 2 N–H and O–H groups in total. The average Bonchev–Trinajstić information content (AvgIpc) is 2.85. The Morgan fingerprint density at radius 1 is 1.50 bits per heavy atom. The van der Waals surface area contributed by atoms with Crippen molar-refractivity contribution in [3.63, 3.8) is 0 Å². The van der Waals surface area contributed by atoms with E-state index in [0.29, 0.717) is 6.54 Å². The molecule has 0 saturated heterocycles. The van der Waals surface area contributed by atoms with Gasteiger partial charge >= 0.3 is 0 Å². The molecular formula is C10H13N3S. The molecule has 2 heterocycles. The Morgan fingerprint density at radius 3 is 3.07 bits per heavy atom. The van der Waals surface area contributed by atoms with Gasteiger partial charge in [0.05, 0.1) is 5.69 Å². The molecule has 2 rings (SSSR count). The molecule has 4 heteroatoms. The van der Waals surface area contributed by atoms with Crippen molar-refractivity contribution in [1.29, 1.82) is 0 Å². The number of rotatable bonds is 3. The minimum absolute atomic E-state index is 0.599. The summed E-state index contributed by atoms with van der Waals surface area (Å²) in [6, 6.07) is 4.14. The monoisotopic (exact) mass is 207 g/mol. The highest BCUT2D eigenvalue weighted by Gasteiger charge is 2.09. The van der Waals surface area contributed by atoms with Gasteiger partial charge in [-0.15, -0.1) is 11.3 Å². The van der Waals surface area contributed by atoms with E-state index in [1.165, 1.54) is 10.4 Å². The van der Waals surface area contributed by atoms with Crippen LogP contribution < -0.4 is 5.73 Å². The summed E-state index contributed by atoms with van der Waals surface area (Å²) in [6.45, 7) is 3.58. The molecule has 0 aliphatic rings. The van der Waals surface area contributed by atoms with E-state index < -0.39 is 0 Å². The third-order valence-corrected chi connectivity index (χ3v) is 3.17. The number of hydrogen-bond donors (Lipinski definition) is 1. The minimum atomic E-state index is 0.599. The van der Waals surface area contributed by atoms with Crippen LogP contribution in [0.25, 0.3) is 11.3 Å². The molecule has 2 aromatic heterocycles. The Morgan fingerprint density at radius 2 is 2.36 bits per heavy atom.